The molecule has 0 fully saturated rings. The van der Waals surface area contributed by atoms with Gasteiger partial charge in [-0.15, -0.1) is 0 Å². The Morgan fingerprint density at radius 3 is 2.25 bits per heavy atom. The summed E-state index contributed by atoms with van der Waals surface area (Å²) in [6.07, 6.45) is 0. The first-order valence-electron chi connectivity index (χ1n) is 6.58. The molecule has 4 nitrogen and oxygen atoms in total. The average molecular weight is 269 g/mol. The molecule has 0 aromatic heterocycles. The van der Waals surface area contributed by atoms with Crippen molar-refractivity contribution in [2.45, 2.75) is 12.5 Å². The quantitative estimate of drug-likeness (QED) is 0.326. The van der Waals surface area contributed by atoms with Crippen LogP contribution in [0, 0.1) is 0 Å². The van der Waals surface area contributed by atoms with Crippen molar-refractivity contribution < 1.29 is 5.21 Å². The lowest BCUT2D eigenvalue weighted by molar-refractivity contribution is 0.315. The second kappa shape index (κ2) is 7.31. The van der Waals surface area contributed by atoms with E-state index in [1.807, 2.05) is 48.5 Å². The molecule has 104 valence electrons. The maximum Gasteiger partial charge on any atom is 0.147 e. The van der Waals surface area contributed by atoms with Gasteiger partial charge < -0.3 is 16.3 Å². The molecule has 0 bridgehead atoms. The lowest BCUT2D eigenvalue weighted by Gasteiger charge is -2.16. The molecule has 0 heterocycles. The van der Waals surface area contributed by atoms with Crippen LogP contribution in [0.1, 0.15) is 17.0 Å². The van der Waals surface area contributed by atoms with Crippen LogP contribution in [-0.2, 0) is 6.54 Å². The number of nitrogens with zero attached hydrogens (tertiary/aromatic N) is 1. The van der Waals surface area contributed by atoms with Crippen LogP contribution in [0.15, 0.2) is 65.8 Å². The Kier molecular flexibility index (Phi) is 5.15. The molecule has 0 aliphatic heterocycles. The van der Waals surface area contributed by atoms with Crippen LogP contribution >= 0.6 is 0 Å². The fraction of sp³-hybridized carbons (Fsp3) is 0.188. The molecule has 0 aliphatic rings. The molecule has 1 atom stereocenters. The van der Waals surface area contributed by atoms with E-state index in [-0.39, 0.29) is 11.8 Å². The zero-order valence-electron chi connectivity index (χ0n) is 11.2. The van der Waals surface area contributed by atoms with E-state index in [0.29, 0.717) is 6.54 Å². The van der Waals surface area contributed by atoms with E-state index in [0.717, 1.165) is 12.1 Å². The van der Waals surface area contributed by atoms with Crippen LogP contribution < -0.4 is 11.1 Å². The monoisotopic (exact) mass is 269 g/mol. The number of oxime groups is 1. The van der Waals surface area contributed by atoms with Crippen LogP contribution in [0.3, 0.4) is 0 Å². The summed E-state index contributed by atoms with van der Waals surface area (Å²) in [6.45, 7) is 1.37. The summed E-state index contributed by atoms with van der Waals surface area (Å²) in [5.41, 5.74) is 8.03. The highest BCUT2D eigenvalue weighted by Crippen LogP contribution is 2.15. The number of hydrogen-bond donors (Lipinski definition) is 3. The zero-order valence-corrected chi connectivity index (χ0v) is 11.2. The Morgan fingerprint density at radius 2 is 1.65 bits per heavy atom. The summed E-state index contributed by atoms with van der Waals surface area (Å²) in [4.78, 5) is 0. The van der Waals surface area contributed by atoms with Gasteiger partial charge in [-0.1, -0.05) is 65.8 Å². The van der Waals surface area contributed by atoms with Gasteiger partial charge in [-0.05, 0) is 11.1 Å². The van der Waals surface area contributed by atoms with Crippen molar-refractivity contribution in [3.63, 3.8) is 0 Å². The van der Waals surface area contributed by atoms with Gasteiger partial charge in [0.05, 0.1) is 5.92 Å². The normalized spacial score (nSPS) is 13.1. The number of amidine groups is 1. The molecular formula is C16H19N3O. The number of benzene rings is 2. The molecule has 2 aromatic rings. The highest BCUT2D eigenvalue weighted by molar-refractivity contribution is 5.87. The third kappa shape index (κ3) is 3.83. The van der Waals surface area contributed by atoms with Gasteiger partial charge in [0.25, 0.3) is 0 Å². The molecule has 1 unspecified atom stereocenters. The van der Waals surface area contributed by atoms with Crippen molar-refractivity contribution in [3.05, 3.63) is 71.8 Å². The molecular weight excluding hydrogens is 250 g/mol. The molecule has 2 rings (SSSR count). The zero-order chi connectivity index (χ0) is 14.2. The third-order valence-electron chi connectivity index (χ3n) is 3.19. The first kappa shape index (κ1) is 14.1. The summed E-state index contributed by atoms with van der Waals surface area (Å²) < 4.78 is 0. The van der Waals surface area contributed by atoms with Crippen molar-refractivity contribution >= 4 is 5.84 Å². The predicted molar refractivity (Wildman–Crippen MR) is 80.7 cm³/mol. The summed E-state index contributed by atoms with van der Waals surface area (Å²) in [6, 6.07) is 19.9. The molecule has 0 saturated heterocycles. The Labute approximate surface area is 118 Å². The third-order valence-corrected chi connectivity index (χ3v) is 3.19. The van der Waals surface area contributed by atoms with E-state index < -0.39 is 0 Å². The van der Waals surface area contributed by atoms with Gasteiger partial charge in [0.15, 0.2) is 0 Å². The van der Waals surface area contributed by atoms with Crippen molar-refractivity contribution in [2.75, 3.05) is 6.54 Å². The van der Waals surface area contributed by atoms with Crippen LogP contribution in [0.2, 0.25) is 0 Å². The molecule has 4 N–H and O–H groups in total. The van der Waals surface area contributed by atoms with Crippen LogP contribution in [0.5, 0.6) is 0 Å². The Bertz CT molecular complexity index is 540. The maximum atomic E-state index is 8.92. The standard InChI is InChI=1S/C16H19N3O/c17-16(19-20)15(14-9-5-2-6-10-14)12-18-11-13-7-3-1-4-8-13/h1-10,15,18,20H,11-12H2,(H2,17,19). The largest absolute Gasteiger partial charge is 0.409 e. The molecule has 0 radical (unpaired) electrons. The lowest BCUT2D eigenvalue weighted by Crippen LogP contribution is -2.31. The second-order valence-corrected chi connectivity index (χ2v) is 4.60. The van der Waals surface area contributed by atoms with E-state index in [9.17, 15) is 0 Å². The topological polar surface area (TPSA) is 70.6 Å². The SMILES string of the molecule is NC(=NO)C(CNCc1ccccc1)c1ccccc1. The van der Waals surface area contributed by atoms with Crippen molar-refractivity contribution in [1.29, 1.82) is 0 Å². The molecule has 0 saturated carbocycles. The average Bonchev–Trinajstić information content (AvgIpc) is 2.53. The summed E-state index contributed by atoms with van der Waals surface area (Å²) in [5, 5.41) is 15.4. The highest BCUT2D eigenvalue weighted by atomic mass is 16.4. The minimum atomic E-state index is -0.134. The number of hydrogen-bond acceptors (Lipinski definition) is 3. The number of nitrogens with one attached hydrogen (secondary N) is 1. The van der Waals surface area contributed by atoms with Gasteiger partial charge in [-0.3, -0.25) is 0 Å². The van der Waals surface area contributed by atoms with Crippen LogP contribution in [0.25, 0.3) is 0 Å². The van der Waals surface area contributed by atoms with Gasteiger partial charge in [-0.2, -0.15) is 0 Å². The van der Waals surface area contributed by atoms with Gasteiger partial charge in [-0.25, -0.2) is 0 Å². The summed E-state index contributed by atoms with van der Waals surface area (Å²) in [7, 11) is 0. The van der Waals surface area contributed by atoms with Crippen LogP contribution in [-0.4, -0.2) is 17.6 Å². The first-order valence-corrected chi connectivity index (χ1v) is 6.58. The predicted octanol–water partition coefficient (Wildman–Crippen LogP) is 2.31. The van der Waals surface area contributed by atoms with Crippen molar-refractivity contribution in [1.82, 2.24) is 5.32 Å². The fourth-order valence-electron chi connectivity index (χ4n) is 2.10. The maximum absolute atomic E-state index is 8.92. The molecule has 0 spiro atoms. The molecule has 2 aromatic carbocycles. The van der Waals surface area contributed by atoms with E-state index in [2.05, 4.69) is 22.6 Å². The molecule has 0 aliphatic carbocycles. The van der Waals surface area contributed by atoms with E-state index in [1.54, 1.807) is 0 Å². The molecule has 20 heavy (non-hydrogen) atoms. The Hall–Kier alpha value is -2.33. The number of rotatable bonds is 6. The van der Waals surface area contributed by atoms with Gasteiger partial charge in [0.1, 0.15) is 5.84 Å². The molecule has 4 heteroatoms. The first-order chi connectivity index (χ1) is 9.81. The van der Waals surface area contributed by atoms with Gasteiger partial charge in [0, 0.05) is 13.1 Å². The lowest BCUT2D eigenvalue weighted by atomic mass is 9.98. The minimum absolute atomic E-state index is 0.134. The van der Waals surface area contributed by atoms with Crippen LogP contribution in [0.4, 0.5) is 0 Å². The minimum Gasteiger partial charge on any atom is -0.409 e. The summed E-state index contributed by atoms with van der Waals surface area (Å²) in [5.74, 6) is 0.0849. The van der Waals surface area contributed by atoms with Gasteiger partial charge >= 0.3 is 0 Å². The highest BCUT2D eigenvalue weighted by Gasteiger charge is 2.15. The van der Waals surface area contributed by atoms with E-state index in [1.165, 1.54) is 5.56 Å². The number of nitrogens with two attached hydrogens (primary N) is 1. The fourth-order valence-corrected chi connectivity index (χ4v) is 2.10. The van der Waals surface area contributed by atoms with Crippen molar-refractivity contribution in [3.8, 4) is 0 Å². The smallest absolute Gasteiger partial charge is 0.147 e. The molecule has 0 amide bonds. The van der Waals surface area contributed by atoms with Crippen molar-refractivity contribution in [2.24, 2.45) is 10.9 Å². The Morgan fingerprint density at radius 1 is 1.05 bits per heavy atom. The van der Waals surface area contributed by atoms with Gasteiger partial charge in [0.2, 0.25) is 0 Å². The Balaban J connectivity index is 1.99. The second-order valence-electron chi connectivity index (χ2n) is 4.60. The summed E-state index contributed by atoms with van der Waals surface area (Å²) >= 11 is 0. The van der Waals surface area contributed by atoms with E-state index in [4.69, 9.17) is 10.9 Å². The van der Waals surface area contributed by atoms with E-state index >= 15 is 0 Å².